The zero-order valence-electron chi connectivity index (χ0n) is 13.3. The van der Waals surface area contributed by atoms with Gasteiger partial charge in [0.1, 0.15) is 17.3 Å². The number of nitrogens with zero attached hydrogens (tertiary/aromatic N) is 3. The molecule has 27 heavy (non-hydrogen) atoms. The smallest absolute Gasteiger partial charge is 0.416 e. The summed E-state index contributed by atoms with van der Waals surface area (Å²) in [7, 11) is 0. The number of aromatic carboxylic acids is 1. The van der Waals surface area contributed by atoms with Crippen molar-refractivity contribution in [1.29, 1.82) is 0 Å². The fraction of sp³-hybridized carbons (Fsp3) is 0.118. The molecule has 2 aromatic carbocycles. The zero-order chi connectivity index (χ0) is 19.8. The van der Waals surface area contributed by atoms with Crippen molar-refractivity contribution in [2.45, 2.75) is 12.7 Å². The van der Waals surface area contributed by atoms with E-state index in [1.165, 1.54) is 12.1 Å². The van der Waals surface area contributed by atoms with E-state index in [2.05, 4.69) is 10.3 Å². The number of carboxylic acid groups (broad SMARTS) is 1. The molecule has 1 heterocycles. The van der Waals surface area contributed by atoms with E-state index in [0.29, 0.717) is 6.07 Å². The Kier molecular flexibility index (Phi) is 4.64. The molecule has 0 aliphatic rings. The van der Waals surface area contributed by atoms with Crippen LogP contribution < -0.4 is 0 Å². The van der Waals surface area contributed by atoms with Crippen LogP contribution in [0.2, 0.25) is 0 Å². The second-order valence-corrected chi connectivity index (χ2v) is 5.61. The van der Waals surface area contributed by atoms with Crippen molar-refractivity contribution in [3.63, 3.8) is 0 Å². The molecule has 5 nitrogen and oxygen atoms in total. The van der Waals surface area contributed by atoms with Crippen LogP contribution in [0.25, 0.3) is 11.3 Å². The molecule has 0 bridgehead atoms. The van der Waals surface area contributed by atoms with Crippen LogP contribution in [0.4, 0.5) is 22.0 Å². The first-order chi connectivity index (χ1) is 12.6. The summed E-state index contributed by atoms with van der Waals surface area (Å²) in [6, 6.07) is 6.70. The topological polar surface area (TPSA) is 68.0 Å². The van der Waals surface area contributed by atoms with Crippen molar-refractivity contribution >= 4 is 5.97 Å². The summed E-state index contributed by atoms with van der Waals surface area (Å²) in [5.74, 6) is -3.40. The summed E-state index contributed by atoms with van der Waals surface area (Å²) in [5, 5.41) is 16.3. The molecule has 0 saturated carbocycles. The van der Waals surface area contributed by atoms with Gasteiger partial charge >= 0.3 is 12.1 Å². The van der Waals surface area contributed by atoms with Crippen LogP contribution in [0, 0.1) is 11.6 Å². The number of hydrogen-bond acceptors (Lipinski definition) is 3. The van der Waals surface area contributed by atoms with E-state index < -0.39 is 35.0 Å². The van der Waals surface area contributed by atoms with Gasteiger partial charge in [0, 0.05) is 11.6 Å². The van der Waals surface area contributed by atoms with E-state index in [1.807, 2.05) is 0 Å². The van der Waals surface area contributed by atoms with Gasteiger partial charge in [-0.05, 0) is 29.8 Å². The minimum atomic E-state index is -4.56. The van der Waals surface area contributed by atoms with Crippen molar-refractivity contribution in [2.75, 3.05) is 0 Å². The van der Waals surface area contributed by atoms with Gasteiger partial charge in [-0.15, -0.1) is 5.10 Å². The summed E-state index contributed by atoms with van der Waals surface area (Å²) in [6.07, 6.45) is -4.56. The van der Waals surface area contributed by atoms with Gasteiger partial charge in [0.25, 0.3) is 0 Å². The molecule has 0 unspecified atom stereocenters. The third-order valence-electron chi connectivity index (χ3n) is 3.66. The second kappa shape index (κ2) is 6.78. The molecule has 0 atom stereocenters. The maximum absolute atomic E-state index is 13.5. The summed E-state index contributed by atoms with van der Waals surface area (Å²) in [5.41, 5.74) is -1.69. The maximum atomic E-state index is 13.5. The highest BCUT2D eigenvalue weighted by atomic mass is 19.4. The van der Waals surface area contributed by atoms with Crippen LogP contribution >= 0.6 is 0 Å². The molecule has 0 spiro atoms. The lowest BCUT2D eigenvalue weighted by atomic mass is 10.1. The van der Waals surface area contributed by atoms with E-state index in [9.17, 15) is 31.9 Å². The second-order valence-electron chi connectivity index (χ2n) is 5.61. The minimum Gasteiger partial charge on any atom is -0.476 e. The molecule has 0 radical (unpaired) electrons. The average Bonchev–Trinajstić information content (AvgIpc) is 2.97. The van der Waals surface area contributed by atoms with Gasteiger partial charge in [0.2, 0.25) is 0 Å². The summed E-state index contributed by atoms with van der Waals surface area (Å²) < 4.78 is 66.6. The van der Waals surface area contributed by atoms with E-state index in [4.69, 9.17) is 0 Å². The molecular formula is C17H10F5N3O2. The van der Waals surface area contributed by atoms with Gasteiger partial charge in [-0.2, -0.15) is 13.2 Å². The van der Waals surface area contributed by atoms with E-state index in [-0.39, 0.29) is 23.4 Å². The zero-order valence-corrected chi connectivity index (χ0v) is 13.3. The first-order valence-corrected chi connectivity index (χ1v) is 7.44. The van der Waals surface area contributed by atoms with Crippen molar-refractivity contribution < 1.29 is 31.9 Å². The van der Waals surface area contributed by atoms with Gasteiger partial charge in [-0.25, -0.2) is 18.3 Å². The maximum Gasteiger partial charge on any atom is 0.416 e. The van der Waals surface area contributed by atoms with Gasteiger partial charge in [-0.3, -0.25) is 0 Å². The van der Waals surface area contributed by atoms with Crippen LogP contribution in [0.15, 0.2) is 42.5 Å². The average molecular weight is 383 g/mol. The number of carbonyl (C=O) groups is 1. The minimum absolute atomic E-state index is 0.151. The Hall–Kier alpha value is -3.30. The normalized spacial score (nSPS) is 11.6. The quantitative estimate of drug-likeness (QED) is 0.692. The number of aromatic nitrogens is 3. The van der Waals surface area contributed by atoms with Crippen molar-refractivity contribution in [3.8, 4) is 11.3 Å². The molecule has 3 rings (SSSR count). The molecule has 0 saturated heterocycles. The molecule has 0 fully saturated rings. The number of hydrogen-bond donors (Lipinski definition) is 1. The van der Waals surface area contributed by atoms with Crippen LogP contribution in [-0.2, 0) is 12.7 Å². The van der Waals surface area contributed by atoms with Crippen LogP contribution in [0.5, 0.6) is 0 Å². The fourth-order valence-corrected chi connectivity index (χ4v) is 2.56. The molecule has 10 heteroatoms. The number of rotatable bonds is 4. The predicted molar refractivity (Wildman–Crippen MR) is 82.9 cm³/mol. The Bertz CT molecular complexity index is 994. The predicted octanol–water partition coefficient (Wildman–Crippen LogP) is 3.99. The Morgan fingerprint density at radius 3 is 2.33 bits per heavy atom. The van der Waals surface area contributed by atoms with E-state index >= 15 is 0 Å². The molecule has 1 aromatic heterocycles. The number of benzene rings is 2. The molecule has 140 valence electrons. The Morgan fingerprint density at radius 2 is 1.74 bits per heavy atom. The Balaban J connectivity index is 2.08. The summed E-state index contributed by atoms with van der Waals surface area (Å²) in [6.45, 7) is -0.280. The summed E-state index contributed by atoms with van der Waals surface area (Å²) >= 11 is 0. The van der Waals surface area contributed by atoms with Crippen molar-refractivity contribution in [2.24, 2.45) is 0 Å². The van der Waals surface area contributed by atoms with Gasteiger partial charge in [0.05, 0.1) is 12.1 Å². The number of alkyl halides is 3. The largest absolute Gasteiger partial charge is 0.476 e. The third-order valence-corrected chi connectivity index (χ3v) is 3.66. The first kappa shape index (κ1) is 18.5. The monoisotopic (exact) mass is 383 g/mol. The number of halogens is 5. The van der Waals surface area contributed by atoms with E-state index in [0.717, 1.165) is 28.9 Å². The lowest BCUT2D eigenvalue weighted by Crippen LogP contribution is -2.09. The SMILES string of the molecule is O=C(O)c1nnn(Cc2cccc(C(F)(F)F)c2)c1-c1cc(F)cc(F)c1. The van der Waals surface area contributed by atoms with Crippen LogP contribution in [0.3, 0.4) is 0 Å². The first-order valence-electron chi connectivity index (χ1n) is 7.44. The molecule has 3 aromatic rings. The summed E-state index contributed by atoms with van der Waals surface area (Å²) in [4.78, 5) is 11.4. The van der Waals surface area contributed by atoms with Crippen molar-refractivity contribution in [3.05, 3.63) is 70.9 Å². The molecule has 0 amide bonds. The molecule has 0 aliphatic heterocycles. The molecule has 0 aliphatic carbocycles. The number of carboxylic acids is 1. The standard InChI is InChI=1S/C17H10F5N3O2/c18-12-5-10(6-13(19)7-12)15-14(16(26)27)23-24-25(15)8-9-2-1-3-11(4-9)17(20,21)22/h1-7H,8H2,(H,26,27). The Morgan fingerprint density at radius 1 is 1.07 bits per heavy atom. The van der Waals surface area contributed by atoms with Gasteiger partial charge in [-0.1, -0.05) is 17.3 Å². The molecule has 1 N–H and O–H groups in total. The van der Waals surface area contributed by atoms with Gasteiger partial charge in [0.15, 0.2) is 5.69 Å². The molecular weight excluding hydrogens is 373 g/mol. The van der Waals surface area contributed by atoms with E-state index in [1.54, 1.807) is 0 Å². The van der Waals surface area contributed by atoms with Crippen LogP contribution in [0.1, 0.15) is 21.6 Å². The fourth-order valence-electron chi connectivity index (χ4n) is 2.56. The highest BCUT2D eigenvalue weighted by Gasteiger charge is 2.30. The lowest BCUT2D eigenvalue weighted by Gasteiger charge is -2.11. The van der Waals surface area contributed by atoms with Crippen LogP contribution in [-0.4, -0.2) is 26.1 Å². The third kappa shape index (κ3) is 3.94. The highest BCUT2D eigenvalue weighted by Crippen LogP contribution is 2.30. The van der Waals surface area contributed by atoms with Crippen molar-refractivity contribution in [1.82, 2.24) is 15.0 Å². The lowest BCUT2D eigenvalue weighted by molar-refractivity contribution is -0.137. The van der Waals surface area contributed by atoms with Gasteiger partial charge < -0.3 is 5.11 Å². The Labute approximate surface area is 148 Å². The highest BCUT2D eigenvalue weighted by molar-refractivity contribution is 5.92.